The quantitative estimate of drug-likeness (QED) is 0.249. The van der Waals surface area contributed by atoms with E-state index in [0.717, 1.165) is 31.3 Å². The Morgan fingerprint density at radius 2 is 0.607 bits per heavy atom. The van der Waals surface area contributed by atoms with Crippen LogP contribution in [-0.2, 0) is 0 Å². The molecular weight excluding hydrogens is 843 g/mol. The molecule has 9 aromatic rings. The predicted octanol–water partition coefficient (Wildman–Crippen LogP) is 4.51. The summed E-state index contributed by atoms with van der Waals surface area (Å²) in [6.45, 7) is 0. The molecule has 9 aromatic heterocycles. The van der Waals surface area contributed by atoms with Crippen LogP contribution in [0.15, 0.2) is 146 Å². The molecule has 0 atom stereocenters. The molecule has 0 aromatic carbocycles. The molecule has 56 heavy (non-hydrogen) atoms. The first-order valence-corrected chi connectivity index (χ1v) is 16.5. The largest absolute Gasteiger partial charge is 3.00 e. The van der Waals surface area contributed by atoms with Crippen LogP contribution in [-0.4, -0.2) is 69.3 Å². The molecule has 9 heterocycles. The fourth-order valence-electron chi connectivity index (χ4n) is 4.98. The summed E-state index contributed by atoms with van der Waals surface area (Å²) < 4.78 is 0. The molecule has 0 aliphatic carbocycles. The first-order valence-electron chi connectivity index (χ1n) is 16.5. The molecule has 1 radical (unpaired) electrons. The summed E-state index contributed by atoms with van der Waals surface area (Å²) >= 11 is 0. The minimum atomic E-state index is -0.118. The van der Waals surface area contributed by atoms with Crippen molar-refractivity contribution >= 4 is 33.1 Å². The molecule has 0 fully saturated rings. The zero-order chi connectivity index (χ0) is 39.0. The molecule has 275 valence electrons. The van der Waals surface area contributed by atoms with Crippen LogP contribution in [0.4, 0.5) is 0 Å². The monoisotopic (exact) mass is 872 g/mol. The van der Waals surface area contributed by atoms with Gasteiger partial charge in [-0.25, -0.2) is 15.0 Å². The SMILES string of the molecule is CO.CO.[Nd+3].[O-]c1ccnc2ccc(-c3ccccn3)nc12.[O-]c1ccnc2ccc(-c3ccccn3)nc12.[O-]c1ccnc2ccc(-c3ccccn3)nc12. The summed E-state index contributed by atoms with van der Waals surface area (Å²) in [5.41, 5.74) is 7.27. The number of fused-ring (bicyclic) bond motifs is 3. The maximum Gasteiger partial charge on any atom is 3.00 e. The van der Waals surface area contributed by atoms with Crippen LogP contribution >= 0.6 is 0 Å². The van der Waals surface area contributed by atoms with E-state index < -0.39 is 0 Å². The van der Waals surface area contributed by atoms with E-state index in [2.05, 4.69) is 44.9 Å². The van der Waals surface area contributed by atoms with Gasteiger partial charge < -0.3 is 25.5 Å². The van der Waals surface area contributed by atoms with Gasteiger partial charge in [-0.3, -0.25) is 29.9 Å². The van der Waals surface area contributed by atoms with E-state index in [1.807, 2.05) is 72.8 Å². The Labute approximate surface area is 353 Å². The van der Waals surface area contributed by atoms with Crippen molar-refractivity contribution in [3.8, 4) is 51.4 Å². The number of aliphatic hydroxyl groups is 2. The Balaban J connectivity index is 0.000000177. The van der Waals surface area contributed by atoms with Gasteiger partial charge in [0.2, 0.25) is 0 Å². The molecule has 0 amide bonds. The van der Waals surface area contributed by atoms with Crippen molar-refractivity contribution in [2.45, 2.75) is 0 Å². The van der Waals surface area contributed by atoms with E-state index in [0.29, 0.717) is 50.2 Å². The number of aliphatic hydroxyl groups excluding tert-OH is 2. The molecular formula is C41H32N9NdO5. The van der Waals surface area contributed by atoms with Crippen LogP contribution in [0.1, 0.15) is 0 Å². The Morgan fingerprint density at radius 1 is 0.321 bits per heavy atom. The standard InChI is InChI=1S/3C13H9N3O.2CH4O.Nd/c3*17-12-6-8-15-11-5-4-10(16-13(11)12)9-3-1-2-7-14-9;2*1-2;/h3*1-8H,(H,15,17);2*2H,1H3;/q;;;;;+3/p-3. The summed E-state index contributed by atoms with van der Waals surface area (Å²) in [5.74, 6) is -0.353. The fraction of sp³-hybridized carbons (Fsp3) is 0.0488. The number of hydrogen-bond donors (Lipinski definition) is 2. The van der Waals surface area contributed by atoms with E-state index in [9.17, 15) is 15.3 Å². The van der Waals surface area contributed by atoms with Gasteiger partial charge in [-0.2, -0.15) is 0 Å². The topological polar surface area (TPSA) is 226 Å². The smallest absolute Gasteiger partial charge is 0.871 e. The van der Waals surface area contributed by atoms with Gasteiger partial charge in [0.1, 0.15) is 0 Å². The van der Waals surface area contributed by atoms with Crippen LogP contribution in [0.2, 0.25) is 0 Å². The third kappa shape index (κ3) is 10.7. The van der Waals surface area contributed by atoms with Gasteiger partial charge in [0, 0.05) is 51.4 Å². The van der Waals surface area contributed by atoms with E-state index in [-0.39, 0.29) is 58.1 Å². The number of pyridine rings is 9. The van der Waals surface area contributed by atoms with E-state index in [4.69, 9.17) is 10.2 Å². The van der Waals surface area contributed by atoms with Gasteiger partial charge in [-0.1, -0.05) is 35.4 Å². The van der Waals surface area contributed by atoms with Gasteiger partial charge in [0.25, 0.3) is 0 Å². The molecule has 0 saturated heterocycles. The van der Waals surface area contributed by atoms with Crippen molar-refractivity contribution in [3.05, 3.63) is 146 Å². The summed E-state index contributed by atoms with van der Waals surface area (Å²) in [6.07, 6.45) is 9.57. The van der Waals surface area contributed by atoms with Gasteiger partial charge in [-0.05, 0) is 91.0 Å². The van der Waals surface area contributed by atoms with Crippen molar-refractivity contribution in [2.24, 2.45) is 0 Å². The second-order valence-electron chi connectivity index (χ2n) is 10.8. The first-order chi connectivity index (χ1) is 27.0. The average molecular weight is 875 g/mol. The molecule has 15 heteroatoms. The van der Waals surface area contributed by atoms with Crippen molar-refractivity contribution in [2.75, 3.05) is 14.2 Å². The molecule has 0 unspecified atom stereocenters. The predicted molar refractivity (Wildman–Crippen MR) is 203 cm³/mol. The minimum absolute atomic E-state index is 0. The molecule has 2 N–H and O–H groups in total. The second-order valence-corrected chi connectivity index (χ2v) is 10.8. The molecule has 14 nitrogen and oxygen atoms in total. The van der Waals surface area contributed by atoms with Crippen LogP contribution in [0, 0.1) is 40.8 Å². The van der Waals surface area contributed by atoms with Crippen LogP contribution in [0.25, 0.3) is 67.3 Å². The average Bonchev–Trinajstić information content (AvgIpc) is 3.27. The van der Waals surface area contributed by atoms with Crippen molar-refractivity contribution in [3.63, 3.8) is 0 Å². The third-order valence-electron chi connectivity index (χ3n) is 7.42. The van der Waals surface area contributed by atoms with Crippen molar-refractivity contribution in [1.82, 2.24) is 44.9 Å². The van der Waals surface area contributed by atoms with Gasteiger partial charge >= 0.3 is 40.8 Å². The van der Waals surface area contributed by atoms with E-state index in [1.165, 1.54) is 36.8 Å². The molecule has 0 spiro atoms. The summed E-state index contributed by atoms with van der Waals surface area (Å²) in [6, 6.07) is 31.8. The zero-order valence-electron chi connectivity index (χ0n) is 30.0. The molecule has 0 aliphatic heterocycles. The normalized spacial score (nSPS) is 9.86. The van der Waals surface area contributed by atoms with Crippen molar-refractivity contribution in [1.29, 1.82) is 0 Å². The van der Waals surface area contributed by atoms with Crippen LogP contribution in [0.3, 0.4) is 0 Å². The fourth-order valence-corrected chi connectivity index (χ4v) is 4.98. The van der Waals surface area contributed by atoms with Crippen LogP contribution in [0.5, 0.6) is 17.2 Å². The second kappa shape index (κ2) is 21.6. The molecule has 0 bridgehead atoms. The number of aromatic nitrogens is 9. The maximum absolute atomic E-state index is 11.6. The zero-order valence-corrected chi connectivity index (χ0v) is 33.2. The van der Waals surface area contributed by atoms with Crippen LogP contribution < -0.4 is 15.3 Å². The first kappa shape index (κ1) is 42.5. The minimum Gasteiger partial charge on any atom is -0.871 e. The summed E-state index contributed by atoms with van der Waals surface area (Å²) in [4.78, 5) is 37.8. The molecule has 9 rings (SSSR count). The molecule has 0 aliphatic rings. The summed E-state index contributed by atoms with van der Waals surface area (Å²) in [7, 11) is 2.00. The number of nitrogens with zero attached hydrogens (tertiary/aromatic N) is 9. The van der Waals surface area contributed by atoms with Gasteiger partial charge in [0.15, 0.2) is 0 Å². The van der Waals surface area contributed by atoms with E-state index >= 15 is 0 Å². The van der Waals surface area contributed by atoms with Gasteiger partial charge in [0.05, 0.1) is 67.3 Å². The Hall–Kier alpha value is -6.20. The molecule has 0 saturated carbocycles. The maximum atomic E-state index is 11.6. The Bertz CT molecular complexity index is 2310. The Morgan fingerprint density at radius 3 is 0.857 bits per heavy atom. The number of rotatable bonds is 3. The summed E-state index contributed by atoms with van der Waals surface area (Å²) in [5, 5.41) is 48.9. The number of hydrogen-bond acceptors (Lipinski definition) is 14. The third-order valence-corrected chi connectivity index (χ3v) is 7.42. The van der Waals surface area contributed by atoms with E-state index in [1.54, 1.807) is 36.8 Å². The van der Waals surface area contributed by atoms with Crippen molar-refractivity contribution < 1.29 is 66.4 Å². The van der Waals surface area contributed by atoms with Gasteiger partial charge in [-0.15, -0.1) is 0 Å². The Kier molecular flexibility index (Phi) is 16.4.